The van der Waals surface area contributed by atoms with Crippen molar-refractivity contribution in [2.45, 2.75) is 44.1 Å². The summed E-state index contributed by atoms with van der Waals surface area (Å²) in [5.41, 5.74) is 6.24. The van der Waals surface area contributed by atoms with Crippen molar-refractivity contribution in [3.8, 4) is 0 Å². The average Bonchev–Trinajstić information content (AvgIpc) is 3.32. The second-order valence-corrected chi connectivity index (χ2v) is 8.70. The van der Waals surface area contributed by atoms with Gasteiger partial charge in [-0.2, -0.15) is 0 Å². The van der Waals surface area contributed by atoms with Gasteiger partial charge >= 0.3 is 0 Å². The van der Waals surface area contributed by atoms with Gasteiger partial charge in [0.05, 0.1) is 42.5 Å². The number of ether oxygens (including phenoxy) is 2. The zero-order chi connectivity index (χ0) is 18.5. The van der Waals surface area contributed by atoms with Crippen molar-refractivity contribution in [2.75, 3.05) is 39.5 Å². The molecule has 148 valence electrons. The van der Waals surface area contributed by atoms with Crippen LogP contribution in [-0.2, 0) is 15.9 Å². The first-order valence-corrected chi connectivity index (χ1v) is 10.8. The van der Waals surface area contributed by atoms with Gasteiger partial charge in [0.15, 0.2) is 5.65 Å². The first-order chi connectivity index (χ1) is 13.9. The van der Waals surface area contributed by atoms with Crippen LogP contribution in [0.25, 0.3) is 11.2 Å². The van der Waals surface area contributed by atoms with E-state index in [1.165, 1.54) is 35.5 Å². The summed E-state index contributed by atoms with van der Waals surface area (Å²) in [4.78, 5) is 12.4. The molecule has 0 N–H and O–H groups in total. The highest BCUT2D eigenvalue weighted by molar-refractivity contribution is 5.73. The summed E-state index contributed by atoms with van der Waals surface area (Å²) >= 11 is 0. The van der Waals surface area contributed by atoms with Crippen molar-refractivity contribution in [2.24, 2.45) is 5.92 Å². The predicted molar refractivity (Wildman–Crippen MR) is 106 cm³/mol. The average molecular weight is 380 g/mol. The number of aromatic nitrogens is 3. The minimum absolute atomic E-state index is 0.560. The highest BCUT2D eigenvalue weighted by Gasteiger charge is 2.32. The Balaban J connectivity index is 1.27. The predicted octanol–water partition coefficient (Wildman–Crippen LogP) is 2.67. The van der Waals surface area contributed by atoms with E-state index in [0.717, 1.165) is 64.4 Å². The van der Waals surface area contributed by atoms with Crippen LogP contribution >= 0.6 is 0 Å². The van der Waals surface area contributed by atoms with E-state index in [-0.39, 0.29) is 0 Å². The molecule has 6 heteroatoms. The van der Waals surface area contributed by atoms with Gasteiger partial charge < -0.3 is 9.47 Å². The molecule has 0 aromatic carbocycles. The molecule has 3 fully saturated rings. The molecule has 0 spiro atoms. The molecule has 0 saturated carbocycles. The van der Waals surface area contributed by atoms with Crippen LogP contribution < -0.4 is 0 Å². The number of nitrogens with zero attached hydrogens (tertiary/aromatic N) is 4. The minimum Gasteiger partial charge on any atom is -0.381 e. The molecule has 0 amide bonds. The van der Waals surface area contributed by atoms with Crippen molar-refractivity contribution in [1.82, 2.24) is 19.3 Å². The largest absolute Gasteiger partial charge is 0.381 e. The lowest BCUT2D eigenvalue weighted by atomic mass is 9.90. The summed E-state index contributed by atoms with van der Waals surface area (Å²) < 4.78 is 13.3. The van der Waals surface area contributed by atoms with E-state index in [1.807, 2.05) is 6.20 Å². The Bertz CT molecular complexity index is 903. The first-order valence-electron chi connectivity index (χ1n) is 10.8. The Hall–Kier alpha value is -1.76. The Kier molecular flexibility index (Phi) is 4.24. The third-order valence-corrected chi connectivity index (χ3v) is 7.14. The molecule has 0 unspecified atom stereocenters. The zero-order valence-corrected chi connectivity index (χ0v) is 16.3. The highest BCUT2D eigenvalue weighted by atomic mass is 16.5. The Labute approximate surface area is 165 Å². The quantitative estimate of drug-likeness (QED) is 0.819. The van der Waals surface area contributed by atoms with E-state index in [0.29, 0.717) is 17.9 Å². The van der Waals surface area contributed by atoms with E-state index < -0.39 is 0 Å². The summed E-state index contributed by atoms with van der Waals surface area (Å²) in [6, 6.07) is 0.654. The van der Waals surface area contributed by atoms with Gasteiger partial charge in [-0.05, 0) is 50.3 Å². The van der Waals surface area contributed by atoms with Crippen LogP contribution in [0.5, 0.6) is 0 Å². The van der Waals surface area contributed by atoms with Gasteiger partial charge in [0.25, 0.3) is 0 Å². The van der Waals surface area contributed by atoms with E-state index in [4.69, 9.17) is 19.4 Å². The number of piperidine rings is 1. The Morgan fingerprint density at radius 3 is 2.54 bits per heavy atom. The molecular weight excluding hydrogens is 352 g/mol. The van der Waals surface area contributed by atoms with Gasteiger partial charge in [0.1, 0.15) is 0 Å². The maximum atomic E-state index is 5.58. The van der Waals surface area contributed by atoms with Gasteiger partial charge in [-0.3, -0.25) is 14.3 Å². The number of likely N-dealkylation sites (tertiary alicyclic amines) is 1. The van der Waals surface area contributed by atoms with Crippen molar-refractivity contribution in [3.05, 3.63) is 35.6 Å². The molecule has 0 bridgehead atoms. The SMILES string of the molecule is C1=C(C2CCOCC2)c2c(ncc3nc(C4CCN(C5COC5)CC4)cn23)C1. The molecule has 2 aromatic rings. The maximum Gasteiger partial charge on any atom is 0.156 e. The first kappa shape index (κ1) is 17.1. The molecule has 5 heterocycles. The van der Waals surface area contributed by atoms with Gasteiger partial charge in [0.2, 0.25) is 0 Å². The topological polar surface area (TPSA) is 51.9 Å². The third kappa shape index (κ3) is 2.81. The number of imidazole rings is 1. The number of hydrogen-bond donors (Lipinski definition) is 0. The minimum atomic E-state index is 0.560. The summed E-state index contributed by atoms with van der Waals surface area (Å²) in [6.45, 7) is 5.91. The normalized spacial score (nSPS) is 25.1. The fraction of sp³-hybridized carbons (Fsp3) is 0.636. The van der Waals surface area contributed by atoms with E-state index in [2.05, 4.69) is 21.6 Å². The van der Waals surface area contributed by atoms with Crippen LogP contribution in [-0.4, -0.2) is 64.8 Å². The van der Waals surface area contributed by atoms with Crippen molar-refractivity contribution < 1.29 is 9.47 Å². The fourth-order valence-electron chi connectivity index (χ4n) is 5.34. The number of rotatable bonds is 3. The van der Waals surface area contributed by atoms with Crippen molar-refractivity contribution in [1.29, 1.82) is 0 Å². The van der Waals surface area contributed by atoms with E-state index in [1.54, 1.807) is 0 Å². The Morgan fingerprint density at radius 1 is 0.964 bits per heavy atom. The van der Waals surface area contributed by atoms with Crippen LogP contribution in [0.15, 0.2) is 18.5 Å². The summed E-state index contributed by atoms with van der Waals surface area (Å²) in [5.74, 6) is 1.16. The monoisotopic (exact) mass is 380 g/mol. The van der Waals surface area contributed by atoms with Gasteiger partial charge in [-0.15, -0.1) is 0 Å². The lowest BCUT2D eigenvalue weighted by molar-refractivity contribution is -0.0713. The molecule has 6 nitrogen and oxygen atoms in total. The second-order valence-electron chi connectivity index (χ2n) is 8.70. The molecule has 4 aliphatic rings. The summed E-state index contributed by atoms with van der Waals surface area (Å²) in [7, 11) is 0. The molecule has 2 aromatic heterocycles. The summed E-state index contributed by atoms with van der Waals surface area (Å²) in [6.07, 6.45) is 12.2. The lowest BCUT2D eigenvalue weighted by Gasteiger charge is -2.41. The maximum absolute atomic E-state index is 5.58. The second kappa shape index (κ2) is 6.94. The number of allylic oxidation sites excluding steroid dienone is 2. The molecule has 28 heavy (non-hydrogen) atoms. The molecule has 6 rings (SSSR count). The van der Waals surface area contributed by atoms with Gasteiger partial charge in [0, 0.05) is 31.7 Å². The standard InChI is InChI=1S/C22H28N4O2/c1-2-19-22(18(1)15-5-9-27-10-6-15)26-12-20(24-21(26)11-23-19)16-3-7-25(8-4-16)17-13-28-14-17/h1,11-12,15-17H,2-10,13-14H2. The zero-order valence-electron chi connectivity index (χ0n) is 16.3. The fourth-order valence-corrected chi connectivity index (χ4v) is 5.34. The van der Waals surface area contributed by atoms with Crippen LogP contribution in [0.2, 0.25) is 0 Å². The number of fused-ring (bicyclic) bond motifs is 3. The highest BCUT2D eigenvalue weighted by Crippen LogP contribution is 2.38. The molecule has 3 aliphatic heterocycles. The van der Waals surface area contributed by atoms with Crippen LogP contribution in [0.1, 0.15) is 48.7 Å². The number of hydrogen-bond acceptors (Lipinski definition) is 5. The lowest BCUT2D eigenvalue weighted by Crippen LogP contribution is -2.51. The molecule has 0 radical (unpaired) electrons. The van der Waals surface area contributed by atoms with Crippen LogP contribution in [0, 0.1) is 5.92 Å². The van der Waals surface area contributed by atoms with Crippen molar-refractivity contribution >= 4 is 11.2 Å². The molecule has 1 aliphatic carbocycles. The van der Waals surface area contributed by atoms with Gasteiger partial charge in [-0.1, -0.05) is 6.08 Å². The van der Waals surface area contributed by atoms with Crippen molar-refractivity contribution in [3.63, 3.8) is 0 Å². The van der Waals surface area contributed by atoms with E-state index in [9.17, 15) is 0 Å². The molecule has 0 atom stereocenters. The van der Waals surface area contributed by atoms with Crippen LogP contribution in [0.3, 0.4) is 0 Å². The van der Waals surface area contributed by atoms with E-state index >= 15 is 0 Å². The smallest absolute Gasteiger partial charge is 0.156 e. The summed E-state index contributed by atoms with van der Waals surface area (Å²) in [5, 5.41) is 0. The third-order valence-electron chi connectivity index (χ3n) is 7.14. The molecular formula is C22H28N4O2. The van der Waals surface area contributed by atoms with Crippen LogP contribution in [0.4, 0.5) is 0 Å². The molecule has 3 saturated heterocycles. The Morgan fingerprint density at radius 2 is 1.79 bits per heavy atom. The van der Waals surface area contributed by atoms with Gasteiger partial charge in [-0.25, -0.2) is 4.98 Å².